The van der Waals surface area contributed by atoms with Gasteiger partial charge in [0.1, 0.15) is 0 Å². The van der Waals surface area contributed by atoms with Crippen LogP contribution >= 0.6 is 0 Å². The molecular weight excluding hydrogens is 338 g/mol. The molecule has 2 aromatic carbocycles. The highest BCUT2D eigenvalue weighted by Gasteiger charge is 2.16. The van der Waals surface area contributed by atoms with Crippen molar-refractivity contribution in [2.24, 2.45) is 0 Å². The Morgan fingerprint density at radius 3 is 2.07 bits per heavy atom. The van der Waals surface area contributed by atoms with Crippen LogP contribution in [-0.2, 0) is 10.2 Å². The average Bonchev–Trinajstić information content (AvgIpc) is 2.64. The van der Waals surface area contributed by atoms with Crippen molar-refractivity contribution in [3.8, 4) is 0 Å². The van der Waals surface area contributed by atoms with Crippen LogP contribution in [0.25, 0.3) is 6.08 Å². The van der Waals surface area contributed by atoms with Gasteiger partial charge in [0.2, 0.25) is 5.78 Å². The number of amides is 1. The second kappa shape index (κ2) is 8.21. The Morgan fingerprint density at radius 2 is 1.56 bits per heavy atom. The molecule has 27 heavy (non-hydrogen) atoms. The van der Waals surface area contributed by atoms with E-state index in [1.165, 1.54) is 17.6 Å². The van der Waals surface area contributed by atoms with E-state index in [1.807, 2.05) is 12.1 Å². The molecule has 0 aromatic heterocycles. The van der Waals surface area contributed by atoms with Crippen molar-refractivity contribution in [2.45, 2.75) is 26.2 Å². The molecule has 0 fully saturated rings. The van der Waals surface area contributed by atoms with Gasteiger partial charge in [-0.15, -0.1) is 0 Å². The van der Waals surface area contributed by atoms with Crippen molar-refractivity contribution in [3.05, 3.63) is 76.5 Å². The number of nitrogens with zero attached hydrogens (tertiary/aromatic N) is 1. The number of ketones is 1. The SMILES string of the molecule is COC(=Cc1cccc(C(C)(C)C)c1)C(=O)c1ccc(C(=O)N(C)C)cc1. The highest BCUT2D eigenvalue weighted by atomic mass is 16.5. The fourth-order valence-corrected chi connectivity index (χ4v) is 2.63. The number of allylic oxidation sites excluding steroid dienone is 1. The number of rotatable bonds is 5. The van der Waals surface area contributed by atoms with Gasteiger partial charge in [-0.1, -0.05) is 57.2 Å². The Hall–Kier alpha value is -2.88. The zero-order valence-electron chi connectivity index (χ0n) is 16.9. The van der Waals surface area contributed by atoms with Crippen LogP contribution in [0.1, 0.15) is 52.6 Å². The van der Waals surface area contributed by atoms with E-state index in [4.69, 9.17) is 4.74 Å². The highest BCUT2D eigenvalue weighted by Crippen LogP contribution is 2.24. The number of methoxy groups -OCH3 is 1. The van der Waals surface area contributed by atoms with Gasteiger partial charge in [0.15, 0.2) is 5.76 Å². The van der Waals surface area contributed by atoms with Crippen LogP contribution in [0.4, 0.5) is 0 Å². The monoisotopic (exact) mass is 365 g/mol. The first-order valence-corrected chi connectivity index (χ1v) is 8.86. The van der Waals surface area contributed by atoms with Crippen molar-refractivity contribution in [2.75, 3.05) is 21.2 Å². The molecule has 2 aromatic rings. The fraction of sp³-hybridized carbons (Fsp3) is 0.304. The van der Waals surface area contributed by atoms with Crippen molar-refractivity contribution in [3.63, 3.8) is 0 Å². The largest absolute Gasteiger partial charge is 0.493 e. The molecule has 0 radical (unpaired) electrons. The molecule has 142 valence electrons. The van der Waals surface area contributed by atoms with Crippen LogP contribution in [0.3, 0.4) is 0 Å². The maximum Gasteiger partial charge on any atom is 0.253 e. The second-order valence-corrected chi connectivity index (χ2v) is 7.69. The minimum Gasteiger partial charge on any atom is -0.493 e. The summed E-state index contributed by atoms with van der Waals surface area (Å²) in [5, 5.41) is 0. The number of ether oxygens (including phenoxy) is 1. The lowest BCUT2D eigenvalue weighted by molar-refractivity contribution is 0.0826. The molecule has 0 unspecified atom stereocenters. The van der Waals surface area contributed by atoms with E-state index in [0.29, 0.717) is 11.1 Å². The zero-order chi connectivity index (χ0) is 20.2. The highest BCUT2D eigenvalue weighted by molar-refractivity contribution is 6.10. The Morgan fingerprint density at radius 1 is 0.963 bits per heavy atom. The summed E-state index contributed by atoms with van der Waals surface area (Å²) in [6.07, 6.45) is 1.75. The topological polar surface area (TPSA) is 46.6 Å². The van der Waals surface area contributed by atoms with Crippen molar-refractivity contribution in [1.82, 2.24) is 4.90 Å². The van der Waals surface area contributed by atoms with Gasteiger partial charge >= 0.3 is 0 Å². The molecule has 0 aliphatic rings. The van der Waals surface area contributed by atoms with Crippen LogP contribution in [-0.4, -0.2) is 37.8 Å². The number of carbonyl (C=O) groups is 2. The number of Topliss-reactive ketones (excluding diaryl/α,β-unsaturated/α-hetero) is 1. The zero-order valence-corrected chi connectivity index (χ0v) is 16.9. The van der Waals surface area contributed by atoms with Gasteiger partial charge in [0.05, 0.1) is 7.11 Å². The van der Waals surface area contributed by atoms with Gasteiger partial charge in [-0.2, -0.15) is 0 Å². The Labute approximate surface area is 161 Å². The Kier molecular flexibility index (Phi) is 6.21. The third-order valence-corrected chi connectivity index (χ3v) is 4.29. The molecule has 0 spiro atoms. The molecule has 0 bridgehead atoms. The fourth-order valence-electron chi connectivity index (χ4n) is 2.63. The van der Waals surface area contributed by atoms with Gasteiger partial charge in [0, 0.05) is 25.2 Å². The Bertz CT molecular complexity index is 856. The van der Waals surface area contributed by atoms with Gasteiger partial charge in [0.25, 0.3) is 5.91 Å². The van der Waals surface area contributed by atoms with Crippen molar-refractivity contribution >= 4 is 17.8 Å². The van der Waals surface area contributed by atoms with Gasteiger partial charge in [-0.25, -0.2) is 0 Å². The predicted octanol–water partition coefficient (Wildman–Crippen LogP) is 4.56. The smallest absolute Gasteiger partial charge is 0.253 e. The molecule has 4 nitrogen and oxygen atoms in total. The van der Waals surface area contributed by atoms with E-state index in [1.54, 1.807) is 44.4 Å². The lowest BCUT2D eigenvalue weighted by atomic mass is 9.86. The molecule has 4 heteroatoms. The summed E-state index contributed by atoms with van der Waals surface area (Å²) < 4.78 is 5.35. The minimum atomic E-state index is -0.220. The molecule has 0 saturated carbocycles. The normalized spacial score (nSPS) is 11.9. The number of hydrogen-bond donors (Lipinski definition) is 0. The first kappa shape index (κ1) is 20.4. The molecule has 2 rings (SSSR count). The van der Waals surface area contributed by atoms with E-state index in [0.717, 1.165) is 5.56 Å². The predicted molar refractivity (Wildman–Crippen MR) is 109 cm³/mol. The molecule has 0 aliphatic heterocycles. The first-order valence-electron chi connectivity index (χ1n) is 8.86. The van der Waals surface area contributed by atoms with Gasteiger partial charge in [-0.3, -0.25) is 9.59 Å². The van der Waals surface area contributed by atoms with Crippen LogP contribution in [0.2, 0.25) is 0 Å². The van der Waals surface area contributed by atoms with E-state index in [-0.39, 0.29) is 22.9 Å². The van der Waals surface area contributed by atoms with Crippen molar-refractivity contribution < 1.29 is 14.3 Å². The van der Waals surface area contributed by atoms with E-state index < -0.39 is 0 Å². The molecular formula is C23H27NO3. The summed E-state index contributed by atoms with van der Waals surface area (Å²) in [6.45, 7) is 6.44. The van der Waals surface area contributed by atoms with Crippen LogP contribution in [0.5, 0.6) is 0 Å². The molecule has 1 amide bonds. The third-order valence-electron chi connectivity index (χ3n) is 4.29. The summed E-state index contributed by atoms with van der Waals surface area (Å²) in [5.74, 6) is -0.0641. The second-order valence-electron chi connectivity index (χ2n) is 7.69. The third kappa shape index (κ3) is 5.07. The van der Waals surface area contributed by atoms with Crippen LogP contribution in [0, 0.1) is 0 Å². The van der Waals surface area contributed by atoms with E-state index >= 15 is 0 Å². The molecule has 0 saturated heterocycles. The van der Waals surface area contributed by atoms with Crippen LogP contribution in [0.15, 0.2) is 54.3 Å². The summed E-state index contributed by atoms with van der Waals surface area (Å²) in [7, 11) is 4.87. The summed E-state index contributed by atoms with van der Waals surface area (Å²) >= 11 is 0. The van der Waals surface area contributed by atoms with Gasteiger partial charge in [-0.05, 0) is 34.8 Å². The summed E-state index contributed by atoms with van der Waals surface area (Å²) in [6, 6.07) is 14.7. The van der Waals surface area contributed by atoms with Crippen LogP contribution < -0.4 is 0 Å². The van der Waals surface area contributed by atoms with E-state index in [9.17, 15) is 9.59 Å². The lowest BCUT2D eigenvalue weighted by Gasteiger charge is -2.19. The quantitative estimate of drug-likeness (QED) is 0.443. The molecule has 0 N–H and O–H groups in total. The average molecular weight is 365 g/mol. The Balaban J connectivity index is 2.30. The standard InChI is InChI=1S/C23H27NO3/c1-23(2,3)19-9-7-8-16(14-19)15-20(27-6)21(25)17-10-12-18(13-11-17)22(26)24(4)5/h7-15H,1-6H3. The minimum absolute atomic E-state index is 0.0237. The summed E-state index contributed by atoms with van der Waals surface area (Å²) in [5.41, 5.74) is 3.14. The number of benzene rings is 2. The maximum atomic E-state index is 12.8. The van der Waals surface area contributed by atoms with E-state index in [2.05, 4.69) is 32.9 Å². The molecule has 0 aliphatic carbocycles. The lowest BCUT2D eigenvalue weighted by Crippen LogP contribution is -2.21. The number of carbonyl (C=O) groups excluding carboxylic acids is 2. The van der Waals surface area contributed by atoms with Gasteiger partial charge < -0.3 is 9.64 Å². The first-order chi connectivity index (χ1) is 12.6. The molecule has 0 atom stereocenters. The summed E-state index contributed by atoms with van der Waals surface area (Å²) in [4.78, 5) is 26.3. The molecule has 0 heterocycles. The number of hydrogen-bond acceptors (Lipinski definition) is 3. The maximum absolute atomic E-state index is 12.8. The van der Waals surface area contributed by atoms with Crippen molar-refractivity contribution in [1.29, 1.82) is 0 Å².